The Morgan fingerprint density at radius 3 is 2.75 bits per heavy atom. The first-order valence-corrected chi connectivity index (χ1v) is 8.49. The van der Waals surface area contributed by atoms with Crippen LogP contribution < -0.4 is 4.90 Å². The Morgan fingerprint density at radius 2 is 2.00 bits per heavy atom. The Hall–Kier alpha value is -1.95. The molecule has 0 bridgehead atoms. The Kier molecular flexibility index (Phi) is 4.85. The molecule has 0 N–H and O–H groups in total. The highest BCUT2D eigenvalue weighted by atomic mass is 19.1. The maximum Gasteiger partial charge on any atom is 0.228 e. The van der Waals surface area contributed by atoms with Gasteiger partial charge in [-0.25, -0.2) is 4.39 Å². The van der Waals surface area contributed by atoms with Crippen LogP contribution in [0, 0.1) is 18.7 Å². The molecule has 1 atom stereocenters. The van der Waals surface area contributed by atoms with Gasteiger partial charge in [-0.3, -0.25) is 9.59 Å². The largest absolute Gasteiger partial charge is 0.341 e. The van der Waals surface area contributed by atoms with E-state index < -0.39 is 5.82 Å². The molecule has 0 aromatic heterocycles. The lowest BCUT2D eigenvalue weighted by atomic mass is 10.1. The van der Waals surface area contributed by atoms with Gasteiger partial charge in [0.1, 0.15) is 5.82 Å². The molecule has 3 rings (SSSR count). The minimum absolute atomic E-state index is 0.0219. The van der Waals surface area contributed by atoms with Gasteiger partial charge in [0.05, 0.1) is 11.6 Å². The van der Waals surface area contributed by atoms with Gasteiger partial charge in [0.15, 0.2) is 0 Å². The number of rotatable bonds is 2. The molecule has 2 fully saturated rings. The van der Waals surface area contributed by atoms with E-state index in [4.69, 9.17) is 0 Å². The van der Waals surface area contributed by atoms with E-state index in [2.05, 4.69) is 11.9 Å². The molecular weight excluding hydrogens is 309 g/mol. The van der Waals surface area contributed by atoms with E-state index >= 15 is 0 Å². The standard InChI is InChI=1S/C18H24FN3O2/c1-13-4-5-16(15(19)10-13)22-12-14(11-17(22)23)18(24)21-7-3-6-20(2)8-9-21/h4-5,10,14H,3,6-9,11-12H2,1-2H3. The molecule has 1 aromatic rings. The predicted molar refractivity (Wildman–Crippen MR) is 90.3 cm³/mol. The number of amides is 2. The lowest BCUT2D eigenvalue weighted by Gasteiger charge is -2.24. The second-order valence-electron chi connectivity index (χ2n) is 6.84. The van der Waals surface area contributed by atoms with Crippen LogP contribution in [0.4, 0.5) is 10.1 Å². The SMILES string of the molecule is Cc1ccc(N2CC(C(=O)N3CCCN(C)CC3)CC2=O)c(F)c1. The Bertz CT molecular complexity index is 649. The highest BCUT2D eigenvalue weighted by Gasteiger charge is 2.38. The van der Waals surface area contributed by atoms with Crippen molar-refractivity contribution in [1.82, 2.24) is 9.80 Å². The second kappa shape index (κ2) is 6.89. The molecule has 0 spiro atoms. The lowest BCUT2D eigenvalue weighted by Crippen LogP contribution is -2.39. The number of hydrogen-bond acceptors (Lipinski definition) is 3. The van der Waals surface area contributed by atoms with E-state index in [1.165, 1.54) is 11.0 Å². The summed E-state index contributed by atoms with van der Waals surface area (Å²) in [6, 6.07) is 4.82. The van der Waals surface area contributed by atoms with Crippen LogP contribution in [0.1, 0.15) is 18.4 Å². The van der Waals surface area contributed by atoms with Crippen LogP contribution in [-0.4, -0.2) is 61.4 Å². The predicted octanol–water partition coefficient (Wildman–Crippen LogP) is 1.65. The van der Waals surface area contributed by atoms with Crippen molar-refractivity contribution in [2.75, 3.05) is 44.7 Å². The molecule has 1 unspecified atom stereocenters. The molecule has 5 nitrogen and oxygen atoms in total. The first kappa shape index (κ1) is 16.9. The van der Waals surface area contributed by atoms with E-state index in [0.29, 0.717) is 6.54 Å². The minimum atomic E-state index is -0.409. The van der Waals surface area contributed by atoms with Crippen LogP contribution in [0.3, 0.4) is 0 Å². The van der Waals surface area contributed by atoms with Crippen LogP contribution in [0.25, 0.3) is 0 Å². The van der Waals surface area contributed by atoms with E-state index in [-0.39, 0.29) is 36.4 Å². The van der Waals surface area contributed by atoms with Crippen LogP contribution in [0.15, 0.2) is 18.2 Å². The van der Waals surface area contributed by atoms with Crippen molar-refractivity contribution in [2.24, 2.45) is 5.92 Å². The third kappa shape index (κ3) is 3.43. The summed E-state index contributed by atoms with van der Waals surface area (Å²) in [7, 11) is 2.05. The normalized spacial score (nSPS) is 22.8. The number of halogens is 1. The van der Waals surface area contributed by atoms with Crippen LogP contribution in [-0.2, 0) is 9.59 Å². The molecule has 6 heteroatoms. The smallest absolute Gasteiger partial charge is 0.228 e. The van der Waals surface area contributed by atoms with Gasteiger partial charge < -0.3 is 14.7 Å². The molecule has 1 aromatic carbocycles. The summed E-state index contributed by atoms with van der Waals surface area (Å²) in [6.07, 6.45) is 1.11. The number of anilines is 1. The number of likely N-dealkylation sites (N-methyl/N-ethyl adjacent to an activating group) is 1. The monoisotopic (exact) mass is 333 g/mol. The van der Waals surface area contributed by atoms with Crippen molar-refractivity contribution in [3.63, 3.8) is 0 Å². The number of benzene rings is 1. The molecule has 2 aliphatic rings. The molecular formula is C18H24FN3O2. The number of carbonyl (C=O) groups excluding carboxylic acids is 2. The van der Waals surface area contributed by atoms with Crippen molar-refractivity contribution in [1.29, 1.82) is 0 Å². The van der Waals surface area contributed by atoms with Gasteiger partial charge in [0, 0.05) is 32.6 Å². The third-order valence-corrected chi connectivity index (χ3v) is 4.90. The molecule has 0 aliphatic carbocycles. The van der Waals surface area contributed by atoms with Gasteiger partial charge in [-0.15, -0.1) is 0 Å². The maximum absolute atomic E-state index is 14.2. The van der Waals surface area contributed by atoms with Crippen molar-refractivity contribution in [3.05, 3.63) is 29.6 Å². The number of aryl methyl sites for hydroxylation is 1. The van der Waals surface area contributed by atoms with Gasteiger partial charge in [-0.2, -0.15) is 0 Å². The van der Waals surface area contributed by atoms with E-state index in [9.17, 15) is 14.0 Å². The van der Waals surface area contributed by atoms with E-state index in [1.54, 1.807) is 19.1 Å². The van der Waals surface area contributed by atoms with E-state index in [1.807, 2.05) is 4.90 Å². The third-order valence-electron chi connectivity index (χ3n) is 4.90. The van der Waals surface area contributed by atoms with E-state index in [0.717, 1.165) is 31.6 Å². The second-order valence-corrected chi connectivity index (χ2v) is 6.84. The quantitative estimate of drug-likeness (QED) is 0.827. The first-order chi connectivity index (χ1) is 11.5. The number of hydrogen-bond donors (Lipinski definition) is 0. The van der Waals surface area contributed by atoms with Crippen LogP contribution >= 0.6 is 0 Å². The summed E-state index contributed by atoms with van der Waals surface area (Å²) in [5.41, 5.74) is 1.08. The summed E-state index contributed by atoms with van der Waals surface area (Å²) in [5, 5.41) is 0. The summed E-state index contributed by atoms with van der Waals surface area (Å²) in [4.78, 5) is 30.6. The van der Waals surface area contributed by atoms with Gasteiger partial charge in [0.25, 0.3) is 0 Å². The van der Waals surface area contributed by atoms with Gasteiger partial charge in [0.2, 0.25) is 11.8 Å². The van der Waals surface area contributed by atoms with Gasteiger partial charge in [-0.1, -0.05) is 6.07 Å². The fourth-order valence-corrected chi connectivity index (χ4v) is 3.46. The van der Waals surface area contributed by atoms with Crippen molar-refractivity contribution < 1.29 is 14.0 Å². The first-order valence-electron chi connectivity index (χ1n) is 8.49. The molecule has 130 valence electrons. The zero-order valence-electron chi connectivity index (χ0n) is 14.3. The number of carbonyl (C=O) groups is 2. The Balaban J connectivity index is 1.71. The van der Waals surface area contributed by atoms with Crippen LogP contribution in [0.2, 0.25) is 0 Å². The van der Waals surface area contributed by atoms with Crippen molar-refractivity contribution >= 4 is 17.5 Å². The molecule has 2 heterocycles. The maximum atomic E-state index is 14.2. The zero-order valence-corrected chi connectivity index (χ0v) is 14.3. The fraction of sp³-hybridized carbons (Fsp3) is 0.556. The molecule has 2 saturated heterocycles. The summed E-state index contributed by atoms with van der Waals surface area (Å²) >= 11 is 0. The van der Waals surface area contributed by atoms with Crippen molar-refractivity contribution in [2.45, 2.75) is 19.8 Å². The Labute approximate surface area is 142 Å². The summed E-state index contributed by atoms with van der Waals surface area (Å²) in [6.45, 7) is 5.33. The van der Waals surface area contributed by atoms with Crippen LogP contribution in [0.5, 0.6) is 0 Å². The molecule has 0 radical (unpaired) electrons. The molecule has 24 heavy (non-hydrogen) atoms. The highest BCUT2D eigenvalue weighted by molar-refractivity contribution is 6.00. The summed E-state index contributed by atoms with van der Waals surface area (Å²) in [5.74, 6) is -0.939. The number of nitrogens with zero attached hydrogens (tertiary/aromatic N) is 3. The molecule has 0 saturated carbocycles. The summed E-state index contributed by atoms with van der Waals surface area (Å²) < 4.78 is 14.2. The highest BCUT2D eigenvalue weighted by Crippen LogP contribution is 2.29. The topological polar surface area (TPSA) is 43.9 Å². The van der Waals surface area contributed by atoms with Gasteiger partial charge >= 0.3 is 0 Å². The van der Waals surface area contributed by atoms with Crippen molar-refractivity contribution in [3.8, 4) is 0 Å². The molecule has 2 aliphatic heterocycles. The molecule has 2 amide bonds. The Morgan fingerprint density at radius 1 is 1.21 bits per heavy atom. The fourth-order valence-electron chi connectivity index (χ4n) is 3.46. The lowest BCUT2D eigenvalue weighted by molar-refractivity contribution is -0.135. The zero-order chi connectivity index (χ0) is 17.3. The average molecular weight is 333 g/mol. The van der Waals surface area contributed by atoms with Gasteiger partial charge in [-0.05, 0) is 44.6 Å². The average Bonchev–Trinajstić information content (AvgIpc) is 2.77. The minimum Gasteiger partial charge on any atom is -0.341 e.